The Morgan fingerprint density at radius 1 is 1.31 bits per heavy atom. The van der Waals surface area contributed by atoms with Crippen LogP contribution >= 0.6 is 15.9 Å². The maximum atomic E-state index is 5.36. The van der Waals surface area contributed by atoms with Crippen molar-refractivity contribution in [2.45, 2.75) is 51.6 Å². The molecule has 1 fully saturated rings. The molecule has 1 rings (SSSR count). The van der Waals surface area contributed by atoms with Crippen LogP contribution in [0.15, 0.2) is 0 Å². The molecule has 1 aliphatic rings. The molecular weight excluding hydrogens is 228 g/mol. The number of hydrogen-bond donors (Lipinski definition) is 0. The van der Waals surface area contributed by atoms with E-state index in [1.54, 1.807) is 0 Å². The van der Waals surface area contributed by atoms with Gasteiger partial charge in [0.1, 0.15) is 0 Å². The highest BCUT2D eigenvalue weighted by atomic mass is 79.9. The average molecular weight is 249 g/mol. The molecule has 0 N–H and O–H groups in total. The maximum absolute atomic E-state index is 5.36. The van der Waals surface area contributed by atoms with Crippen LogP contribution < -0.4 is 0 Å². The summed E-state index contributed by atoms with van der Waals surface area (Å²) in [6.07, 6.45) is 8.63. The van der Waals surface area contributed by atoms with Crippen molar-refractivity contribution in [1.29, 1.82) is 0 Å². The van der Waals surface area contributed by atoms with Gasteiger partial charge in [0.05, 0.1) is 6.10 Å². The van der Waals surface area contributed by atoms with Gasteiger partial charge in [0.15, 0.2) is 0 Å². The highest BCUT2D eigenvalue weighted by Gasteiger charge is 2.32. The minimum absolute atomic E-state index is 0.413. The molecule has 0 aromatic carbocycles. The molecule has 1 aliphatic carbocycles. The maximum Gasteiger partial charge on any atom is 0.0548 e. The molecule has 1 unspecified atom stereocenters. The zero-order valence-electron chi connectivity index (χ0n) is 8.81. The Hall–Kier alpha value is 0.440. The first-order chi connectivity index (χ1) is 6.22. The number of ether oxygens (including phenoxy) is 1. The van der Waals surface area contributed by atoms with Gasteiger partial charge in [-0.1, -0.05) is 35.2 Å². The Balaban J connectivity index is 2.47. The second kappa shape index (κ2) is 5.35. The molecule has 0 radical (unpaired) electrons. The first-order valence-corrected chi connectivity index (χ1v) is 6.43. The van der Waals surface area contributed by atoms with E-state index in [4.69, 9.17) is 4.74 Å². The molecule has 0 aliphatic heterocycles. The van der Waals surface area contributed by atoms with Gasteiger partial charge in [-0.3, -0.25) is 0 Å². The third kappa shape index (κ3) is 3.25. The first kappa shape index (κ1) is 11.5. The molecule has 0 aromatic heterocycles. The van der Waals surface area contributed by atoms with Crippen molar-refractivity contribution >= 4 is 15.9 Å². The lowest BCUT2D eigenvalue weighted by atomic mass is 9.72. The lowest BCUT2D eigenvalue weighted by molar-refractivity contribution is 0.0568. The molecule has 0 heterocycles. The summed E-state index contributed by atoms with van der Waals surface area (Å²) < 4.78 is 5.36. The van der Waals surface area contributed by atoms with Gasteiger partial charge in [0, 0.05) is 12.4 Å². The molecule has 2 heteroatoms. The zero-order valence-corrected chi connectivity index (χ0v) is 10.4. The third-order valence-corrected chi connectivity index (χ3v) is 4.51. The number of methoxy groups -OCH3 is 1. The summed E-state index contributed by atoms with van der Waals surface area (Å²) in [5.41, 5.74) is 0.535. The topological polar surface area (TPSA) is 9.23 Å². The van der Waals surface area contributed by atoms with Crippen LogP contribution in [0.5, 0.6) is 0 Å². The molecule has 0 aromatic rings. The van der Waals surface area contributed by atoms with Crippen LogP contribution in [0, 0.1) is 5.41 Å². The second-order valence-electron chi connectivity index (χ2n) is 4.44. The monoisotopic (exact) mass is 248 g/mol. The van der Waals surface area contributed by atoms with Gasteiger partial charge in [-0.05, 0) is 31.6 Å². The highest BCUT2D eigenvalue weighted by molar-refractivity contribution is 9.09. The Bertz CT molecular complexity index is 141. The number of alkyl halides is 1. The van der Waals surface area contributed by atoms with Gasteiger partial charge in [-0.2, -0.15) is 0 Å². The van der Waals surface area contributed by atoms with Crippen molar-refractivity contribution < 1.29 is 4.74 Å². The van der Waals surface area contributed by atoms with Crippen molar-refractivity contribution in [1.82, 2.24) is 0 Å². The fraction of sp³-hybridized carbons (Fsp3) is 1.00. The summed E-state index contributed by atoms with van der Waals surface area (Å²) in [6, 6.07) is 0. The summed E-state index contributed by atoms with van der Waals surface area (Å²) in [5.74, 6) is 0. The molecule has 13 heavy (non-hydrogen) atoms. The van der Waals surface area contributed by atoms with E-state index >= 15 is 0 Å². The van der Waals surface area contributed by atoms with Crippen molar-refractivity contribution in [2.24, 2.45) is 5.41 Å². The molecular formula is C11H21BrO. The van der Waals surface area contributed by atoms with E-state index in [0.717, 1.165) is 5.33 Å². The molecule has 78 valence electrons. The van der Waals surface area contributed by atoms with Crippen molar-refractivity contribution in [2.75, 3.05) is 12.4 Å². The number of rotatable bonds is 4. The van der Waals surface area contributed by atoms with E-state index in [0.29, 0.717) is 11.5 Å². The molecule has 0 amide bonds. The van der Waals surface area contributed by atoms with Crippen LogP contribution in [0.3, 0.4) is 0 Å². The van der Waals surface area contributed by atoms with Crippen molar-refractivity contribution in [3.63, 3.8) is 0 Å². The van der Waals surface area contributed by atoms with E-state index in [2.05, 4.69) is 22.9 Å². The minimum atomic E-state index is 0.413. The van der Waals surface area contributed by atoms with E-state index in [9.17, 15) is 0 Å². The Labute approximate surface area is 90.4 Å². The van der Waals surface area contributed by atoms with Crippen LogP contribution in [0.4, 0.5) is 0 Å². The van der Waals surface area contributed by atoms with E-state index in [1.807, 2.05) is 7.11 Å². The van der Waals surface area contributed by atoms with Crippen LogP contribution in [0.1, 0.15) is 45.4 Å². The van der Waals surface area contributed by atoms with E-state index in [-0.39, 0.29) is 0 Å². The van der Waals surface area contributed by atoms with Crippen molar-refractivity contribution in [3.8, 4) is 0 Å². The predicted molar refractivity (Wildman–Crippen MR) is 60.4 cm³/mol. The fourth-order valence-electron chi connectivity index (χ4n) is 2.39. The number of hydrogen-bond acceptors (Lipinski definition) is 1. The summed E-state index contributed by atoms with van der Waals surface area (Å²) in [5, 5.41) is 1.15. The largest absolute Gasteiger partial charge is 0.382 e. The first-order valence-electron chi connectivity index (χ1n) is 5.31. The van der Waals surface area contributed by atoms with Gasteiger partial charge >= 0.3 is 0 Å². The number of halogens is 1. The van der Waals surface area contributed by atoms with Gasteiger partial charge in [0.2, 0.25) is 0 Å². The molecule has 1 nitrogen and oxygen atoms in total. The van der Waals surface area contributed by atoms with Gasteiger partial charge in [-0.25, -0.2) is 0 Å². The fourth-order valence-corrected chi connectivity index (χ4v) is 3.18. The van der Waals surface area contributed by atoms with Gasteiger partial charge < -0.3 is 4.74 Å². The van der Waals surface area contributed by atoms with Crippen LogP contribution in [-0.4, -0.2) is 18.5 Å². The summed E-state index contributed by atoms with van der Waals surface area (Å²) >= 11 is 3.67. The van der Waals surface area contributed by atoms with Gasteiger partial charge in [-0.15, -0.1) is 0 Å². The predicted octanol–water partition coefficient (Wildman–Crippen LogP) is 3.76. The van der Waals surface area contributed by atoms with E-state index < -0.39 is 0 Å². The molecule has 0 spiro atoms. The Kier molecular flexibility index (Phi) is 4.74. The highest BCUT2D eigenvalue weighted by Crippen LogP contribution is 2.41. The smallest absolute Gasteiger partial charge is 0.0548 e. The van der Waals surface area contributed by atoms with Crippen LogP contribution in [-0.2, 0) is 4.74 Å². The lowest BCUT2D eigenvalue weighted by Crippen LogP contribution is -2.30. The zero-order chi connectivity index (χ0) is 9.73. The third-order valence-electron chi connectivity index (χ3n) is 3.32. The average Bonchev–Trinajstić information content (AvgIpc) is 2.19. The second-order valence-corrected chi connectivity index (χ2v) is 5.01. The quantitative estimate of drug-likeness (QED) is 0.689. The molecule has 0 saturated heterocycles. The van der Waals surface area contributed by atoms with E-state index in [1.165, 1.54) is 38.5 Å². The summed E-state index contributed by atoms with van der Waals surface area (Å²) in [7, 11) is 1.81. The normalized spacial score (nSPS) is 24.2. The molecule has 0 bridgehead atoms. The molecule has 1 saturated carbocycles. The van der Waals surface area contributed by atoms with Crippen LogP contribution in [0.25, 0.3) is 0 Å². The van der Waals surface area contributed by atoms with Crippen molar-refractivity contribution in [3.05, 3.63) is 0 Å². The van der Waals surface area contributed by atoms with Gasteiger partial charge in [0.25, 0.3) is 0 Å². The Morgan fingerprint density at radius 2 is 1.92 bits per heavy atom. The summed E-state index contributed by atoms with van der Waals surface area (Å²) in [4.78, 5) is 0. The standard InChI is InChI=1S/C11H21BrO/c1-10(13-2)8-11(9-12)6-4-3-5-7-11/h10H,3-9H2,1-2H3. The lowest BCUT2D eigenvalue weighted by Gasteiger charge is -2.37. The molecule has 1 atom stereocenters. The SMILES string of the molecule is COC(C)CC1(CBr)CCCCC1. The summed E-state index contributed by atoms with van der Waals surface area (Å²) in [6.45, 7) is 2.18. The minimum Gasteiger partial charge on any atom is -0.382 e. The van der Waals surface area contributed by atoms with Crippen LogP contribution in [0.2, 0.25) is 0 Å². The Morgan fingerprint density at radius 3 is 2.38 bits per heavy atom.